The van der Waals surface area contributed by atoms with E-state index in [4.69, 9.17) is 5.73 Å². The first kappa shape index (κ1) is 11.4. The van der Waals surface area contributed by atoms with E-state index < -0.39 is 35.2 Å². The molecule has 0 unspecified atom stereocenters. The molecule has 15 heavy (non-hydrogen) atoms. The van der Waals surface area contributed by atoms with Crippen LogP contribution in [0.25, 0.3) is 0 Å². The normalized spacial score (nSPS) is 10.7. The summed E-state index contributed by atoms with van der Waals surface area (Å²) in [7, 11) is 0. The second-order valence-electron chi connectivity index (χ2n) is 2.61. The number of nitrogens with two attached hydrogens (primary N) is 1. The molecule has 1 aromatic heterocycles. The molecule has 8 heteroatoms. The van der Waals surface area contributed by atoms with Crippen LogP contribution in [0.3, 0.4) is 0 Å². The summed E-state index contributed by atoms with van der Waals surface area (Å²) in [5.74, 6) is -1.54. The van der Waals surface area contributed by atoms with Crippen molar-refractivity contribution in [3.8, 4) is 0 Å². The topological polar surface area (TPSA) is 82.0 Å². The molecule has 0 saturated carbocycles. The van der Waals surface area contributed by atoms with Crippen molar-refractivity contribution >= 4 is 5.69 Å². The molecule has 0 saturated heterocycles. The van der Waals surface area contributed by atoms with E-state index in [1.165, 1.54) is 0 Å². The molecule has 0 aliphatic rings. The average molecular weight is 221 g/mol. The number of nitrogens with zero attached hydrogens (tertiary/aromatic N) is 2. The molecule has 1 aromatic rings. The molecule has 0 spiro atoms. The lowest BCUT2D eigenvalue weighted by molar-refractivity contribution is -0.388. The monoisotopic (exact) mass is 221 g/mol. The predicted molar refractivity (Wildman–Crippen MR) is 43.7 cm³/mol. The van der Waals surface area contributed by atoms with E-state index in [2.05, 4.69) is 4.98 Å². The molecule has 0 aliphatic carbocycles. The fourth-order valence-electron chi connectivity index (χ4n) is 1.04. The lowest BCUT2D eigenvalue weighted by Crippen LogP contribution is -2.08. The van der Waals surface area contributed by atoms with E-state index in [0.717, 1.165) is 6.07 Å². The minimum Gasteiger partial charge on any atom is -0.326 e. The molecule has 0 radical (unpaired) electrons. The van der Waals surface area contributed by atoms with Gasteiger partial charge in [-0.25, -0.2) is 13.8 Å². The Kier molecular flexibility index (Phi) is 3.20. The minimum atomic E-state index is -2.99. The third-order valence-corrected chi connectivity index (χ3v) is 1.68. The summed E-state index contributed by atoms with van der Waals surface area (Å²) in [5, 5.41) is 10.4. The summed E-state index contributed by atoms with van der Waals surface area (Å²) in [6, 6.07) is 0.728. The summed E-state index contributed by atoms with van der Waals surface area (Å²) >= 11 is 0. The third-order valence-electron chi connectivity index (χ3n) is 1.68. The SMILES string of the molecule is NCc1cc(C(F)F)nc(F)c1[N+](=O)[O-]. The van der Waals surface area contributed by atoms with Crippen LogP contribution in [0.4, 0.5) is 18.9 Å². The maximum atomic E-state index is 13.0. The quantitative estimate of drug-likeness (QED) is 0.476. The van der Waals surface area contributed by atoms with Crippen LogP contribution in [-0.4, -0.2) is 9.91 Å². The molecule has 1 heterocycles. The number of rotatable bonds is 3. The third kappa shape index (κ3) is 2.21. The van der Waals surface area contributed by atoms with E-state index in [9.17, 15) is 23.3 Å². The number of hydrogen-bond donors (Lipinski definition) is 1. The van der Waals surface area contributed by atoms with Crippen molar-refractivity contribution in [3.05, 3.63) is 33.4 Å². The first-order chi connectivity index (χ1) is 6.97. The first-order valence-corrected chi connectivity index (χ1v) is 3.79. The summed E-state index contributed by atoms with van der Waals surface area (Å²) in [6.07, 6.45) is -2.99. The lowest BCUT2D eigenvalue weighted by Gasteiger charge is -2.03. The van der Waals surface area contributed by atoms with Crippen molar-refractivity contribution in [3.63, 3.8) is 0 Å². The summed E-state index contributed by atoms with van der Waals surface area (Å²) in [6.45, 7) is -0.407. The fourth-order valence-corrected chi connectivity index (χ4v) is 1.04. The van der Waals surface area contributed by atoms with Crippen LogP contribution < -0.4 is 5.73 Å². The van der Waals surface area contributed by atoms with E-state index in [-0.39, 0.29) is 5.56 Å². The van der Waals surface area contributed by atoms with Crippen molar-refractivity contribution in [1.29, 1.82) is 0 Å². The van der Waals surface area contributed by atoms with Crippen molar-refractivity contribution in [1.82, 2.24) is 4.98 Å². The van der Waals surface area contributed by atoms with Crippen molar-refractivity contribution < 1.29 is 18.1 Å². The van der Waals surface area contributed by atoms with E-state index in [1.54, 1.807) is 0 Å². The van der Waals surface area contributed by atoms with Gasteiger partial charge in [0.05, 0.1) is 10.5 Å². The molecule has 1 rings (SSSR count). The maximum absolute atomic E-state index is 13.0. The standard InChI is InChI=1S/C7H6F3N3O2/c8-6(9)4-1-3(2-11)5(13(14)15)7(10)12-4/h1,6H,2,11H2. The molecule has 82 valence electrons. The second kappa shape index (κ2) is 4.22. The second-order valence-corrected chi connectivity index (χ2v) is 2.61. The van der Waals surface area contributed by atoms with E-state index in [0.29, 0.717) is 0 Å². The summed E-state index contributed by atoms with van der Waals surface area (Å²) in [4.78, 5) is 12.1. The van der Waals surface area contributed by atoms with Gasteiger partial charge in [-0.15, -0.1) is 0 Å². The van der Waals surface area contributed by atoms with E-state index in [1.807, 2.05) is 0 Å². The van der Waals surface area contributed by atoms with Gasteiger partial charge >= 0.3 is 5.69 Å². The Balaban J connectivity index is 3.37. The van der Waals surface area contributed by atoms with Gasteiger partial charge in [0.15, 0.2) is 0 Å². The number of alkyl halides is 2. The smallest absolute Gasteiger partial charge is 0.326 e. The largest absolute Gasteiger partial charge is 0.328 e. The highest BCUT2D eigenvalue weighted by atomic mass is 19.3. The van der Waals surface area contributed by atoms with Crippen molar-refractivity contribution in [2.45, 2.75) is 13.0 Å². The number of aromatic nitrogens is 1. The van der Waals surface area contributed by atoms with Crippen molar-refractivity contribution in [2.24, 2.45) is 5.73 Å². The summed E-state index contributed by atoms with van der Waals surface area (Å²) < 4.78 is 37.3. The van der Waals surface area contributed by atoms with Gasteiger partial charge in [-0.05, 0) is 6.07 Å². The van der Waals surface area contributed by atoms with Gasteiger partial charge in [0.1, 0.15) is 5.69 Å². The molecular weight excluding hydrogens is 215 g/mol. The van der Waals surface area contributed by atoms with Crippen LogP contribution in [0.5, 0.6) is 0 Å². The average Bonchev–Trinajstić information content (AvgIpc) is 2.15. The zero-order valence-corrected chi connectivity index (χ0v) is 7.28. The molecular formula is C7H6F3N3O2. The van der Waals surface area contributed by atoms with Gasteiger partial charge in [0.25, 0.3) is 12.4 Å². The Morgan fingerprint density at radius 1 is 1.60 bits per heavy atom. The zero-order chi connectivity index (χ0) is 11.6. The van der Waals surface area contributed by atoms with Gasteiger partial charge in [-0.1, -0.05) is 0 Å². The molecule has 0 aromatic carbocycles. The highest BCUT2D eigenvalue weighted by Crippen LogP contribution is 2.26. The van der Waals surface area contributed by atoms with Crippen LogP contribution in [0.1, 0.15) is 17.7 Å². The Labute approximate surface area is 81.9 Å². The fraction of sp³-hybridized carbons (Fsp3) is 0.286. The van der Waals surface area contributed by atoms with Gasteiger partial charge in [-0.3, -0.25) is 10.1 Å². The van der Waals surface area contributed by atoms with Crippen LogP contribution >= 0.6 is 0 Å². The Morgan fingerprint density at radius 3 is 2.60 bits per heavy atom. The van der Waals surface area contributed by atoms with Crippen LogP contribution in [0.15, 0.2) is 6.07 Å². The predicted octanol–water partition coefficient (Wildman–Crippen LogP) is 1.53. The molecule has 2 N–H and O–H groups in total. The molecule has 5 nitrogen and oxygen atoms in total. The number of halogens is 3. The zero-order valence-electron chi connectivity index (χ0n) is 7.28. The Morgan fingerprint density at radius 2 is 2.20 bits per heavy atom. The number of pyridine rings is 1. The number of nitro groups is 1. The minimum absolute atomic E-state index is 0.303. The van der Waals surface area contributed by atoms with Gasteiger partial charge in [0.2, 0.25) is 0 Å². The lowest BCUT2D eigenvalue weighted by atomic mass is 10.2. The van der Waals surface area contributed by atoms with Crippen LogP contribution in [-0.2, 0) is 6.54 Å². The molecule has 0 atom stereocenters. The maximum Gasteiger partial charge on any atom is 0.328 e. The van der Waals surface area contributed by atoms with Crippen molar-refractivity contribution in [2.75, 3.05) is 0 Å². The van der Waals surface area contributed by atoms with Crippen LogP contribution in [0.2, 0.25) is 0 Å². The summed E-state index contributed by atoms with van der Waals surface area (Å²) in [5.41, 5.74) is 2.96. The Bertz CT molecular complexity index is 397. The van der Waals surface area contributed by atoms with E-state index >= 15 is 0 Å². The van der Waals surface area contributed by atoms with Gasteiger partial charge < -0.3 is 5.73 Å². The van der Waals surface area contributed by atoms with Gasteiger partial charge in [0, 0.05) is 6.54 Å². The first-order valence-electron chi connectivity index (χ1n) is 3.79. The highest BCUT2D eigenvalue weighted by molar-refractivity contribution is 5.40. The molecule has 0 bridgehead atoms. The Hall–Kier alpha value is -1.70. The molecule has 0 aliphatic heterocycles. The van der Waals surface area contributed by atoms with Crippen LogP contribution in [0, 0.1) is 16.1 Å². The molecule has 0 fully saturated rings. The number of hydrogen-bond acceptors (Lipinski definition) is 4. The highest BCUT2D eigenvalue weighted by Gasteiger charge is 2.24. The molecule has 0 amide bonds. The van der Waals surface area contributed by atoms with Gasteiger partial charge in [-0.2, -0.15) is 4.39 Å².